The summed E-state index contributed by atoms with van der Waals surface area (Å²) in [5, 5.41) is 7.11. The Morgan fingerprint density at radius 2 is 2.07 bits per heavy atom. The number of rotatable bonds is 5. The SMILES string of the molecule is CC(C)CCC1(CCN)CNCCN1. The molecule has 1 unspecified atom stereocenters. The maximum absolute atomic E-state index is 5.68. The molecule has 4 N–H and O–H groups in total. The lowest BCUT2D eigenvalue weighted by Crippen LogP contribution is -2.59. The zero-order valence-corrected chi connectivity index (χ0v) is 9.60. The lowest BCUT2D eigenvalue weighted by atomic mass is 9.85. The highest BCUT2D eigenvalue weighted by molar-refractivity contribution is 4.93. The van der Waals surface area contributed by atoms with Crippen molar-refractivity contribution in [3.8, 4) is 0 Å². The molecule has 1 heterocycles. The average molecular weight is 199 g/mol. The van der Waals surface area contributed by atoms with Gasteiger partial charge in [-0.1, -0.05) is 13.8 Å². The molecule has 0 aliphatic carbocycles. The Morgan fingerprint density at radius 3 is 2.57 bits per heavy atom. The molecule has 0 aromatic carbocycles. The van der Waals surface area contributed by atoms with Gasteiger partial charge in [0, 0.05) is 25.2 Å². The molecule has 0 radical (unpaired) electrons. The van der Waals surface area contributed by atoms with E-state index in [1.54, 1.807) is 0 Å². The van der Waals surface area contributed by atoms with Crippen LogP contribution in [0, 0.1) is 5.92 Å². The predicted molar refractivity (Wildman–Crippen MR) is 61.3 cm³/mol. The lowest BCUT2D eigenvalue weighted by molar-refractivity contribution is 0.227. The smallest absolute Gasteiger partial charge is 0.0318 e. The second kappa shape index (κ2) is 5.69. The van der Waals surface area contributed by atoms with E-state index in [0.29, 0.717) is 0 Å². The molecular weight excluding hydrogens is 174 g/mol. The maximum atomic E-state index is 5.68. The molecule has 1 aliphatic heterocycles. The van der Waals surface area contributed by atoms with Gasteiger partial charge in [0.1, 0.15) is 0 Å². The van der Waals surface area contributed by atoms with Crippen molar-refractivity contribution in [1.29, 1.82) is 0 Å². The molecule has 1 atom stereocenters. The van der Waals surface area contributed by atoms with Gasteiger partial charge in [-0.05, 0) is 31.7 Å². The van der Waals surface area contributed by atoms with Crippen molar-refractivity contribution < 1.29 is 0 Å². The monoisotopic (exact) mass is 199 g/mol. The van der Waals surface area contributed by atoms with Crippen LogP contribution in [0.4, 0.5) is 0 Å². The van der Waals surface area contributed by atoms with Crippen molar-refractivity contribution in [1.82, 2.24) is 10.6 Å². The van der Waals surface area contributed by atoms with Gasteiger partial charge in [0.15, 0.2) is 0 Å². The molecule has 84 valence electrons. The first kappa shape index (κ1) is 12.0. The van der Waals surface area contributed by atoms with E-state index in [1.807, 2.05) is 0 Å². The van der Waals surface area contributed by atoms with Crippen molar-refractivity contribution in [2.75, 3.05) is 26.2 Å². The summed E-state index contributed by atoms with van der Waals surface area (Å²) in [6.45, 7) is 8.61. The van der Waals surface area contributed by atoms with Crippen LogP contribution in [0.15, 0.2) is 0 Å². The van der Waals surface area contributed by atoms with E-state index in [0.717, 1.165) is 38.5 Å². The van der Waals surface area contributed by atoms with E-state index in [2.05, 4.69) is 24.5 Å². The van der Waals surface area contributed by atoms with Crippen LogP contribution in [0.3, 0.4) is 0 Å². The summed E-state index contributed by atoms with van der Waals surface area (Å²) in [5.74, 6) is 0.786. The predicted octanol–water partition coefficient (Wildman–Crippen LogP) is 0.703. The summed E-state index contributed by atoms with van der Waals surface area (Å²) >= 11 is 0. The van der Waals surface area contributed by atoms with Gasteiger partial charge in [0.25, 0.3) is 0 Å². The number of hydrogen-bond donors (Lipinski definition) is 3. The Labute approximate surface area is 87.8 Å². The minimum absolute atomic E-state index is 0.275. The molecule has 0 spiro atoms. The van der Waals surface area contributed by atoms with Crippen molar-refractivity contribution in [2.24, 2.45) is 11.7 Å². The summed E-state index contributed by atoms with van der Waals surface area (Å²) in [5.41, 5.74) is 5.96. The highest BCUT2D eigenvalue weighted by atomic mass is 15.1. The first-order valence-corrected chi connectivity index (χ1v) is 5.84. The molecule has 1 saturated heterocycles. The van der Waals surface area contributed by atoms with E-state index in [1.165, 1.54) is 12.8 Å². The van der Waals surface area contributed by atoms with Gasteiger partial charge in [-0.15, -0.1) is 0 Å². The Hall–Kier alpha value is -0.120. The third kappa shape index (κ3) is 3.56. The van der Waals surface area contributed by atoms with Crippen LogP contribution in [-0.4, -0.2) is 31.7 Å². The van der Waals surface area contributed by atoms with E-state index in [-0.39, 0.29) is 5.54 Å². The number of piperazine rings is 1. The highest BCUT2D eigenvalue weighted by Gasteiger charge is 2.30. The van der Waals surface area contributed by atoms with Gasteiger partial charge in [-0.2, -0.15) is 0 Å². The summed E-state index contributed by atoms with van der Waals surface area (Å²) in [7, 11) is 0. The second-order valence-corrected chi connectivity index (χ2v) is 4.86. The molecule has 0 bridgehead atoms. The number of hydrogen-bond acceptors (Lipinski definition) is 3. The molecule has 1 fully saturated rings. The van der Waals surface area contributed by atoms with Crippen LogP contribution in [0.25, 0.3) is 0 Å². The van der Waals surface area contributed by atoms with Crippen molar-refractivity contribution in [2.45, 2.75) is 38.6 Å². The molecule has 1 rings (SSSR count). The van der Waals surface area contributed by atoms with Crippen LogP contribution in [0.5, 0.6) is 0 Å². The fourth-order valence-electron chi connectivity index (χ4n) is 2.13. The third-order valence-electron chi connectivity index (χ3n) is 3.09. The zero-order chi connectivity index (χ0) is 10.4. The summed E-state index contributed by atoms with van der Waals surface area (Å²) < 4.78 is 0. The Morgan fingerprint density at radius 1 is 1.29 bits per heavy atom. The summed E-state index contributed by atoms with van der Waals surface area (Å²) in [4.78, 5) is 0. The summed E-state index contributed by atoms with van der Waals surface area (Å²) in [6.07, 6.45) is 3.62. The van der Waals surface area contributed by atoms with Crippen LogP contribution in [0.1, 0.15) is 33.1 Å². The topological polar surface area (TPSA) is 50.1 Å². The van der Waals surface area contributed by atoms with Crippen LogP contribution in [-0.2, 0) is 0 Å². The van der Waals surface area contributed by atoms with Crippen molar-refractivity contribution in [3.05, 3.63) is 0 Å². The second-order valence-electron chi connectivity index (χ2n) is 4.86. The van der Waals surface area contributed by atoms with Gasteiger partial charge in [0.05, 0.1) is 0 Å². The molecule has 0 aromatic rings. The Kier molecular flexibility index (Phi) is 4.85. The fourth-order valence-corrected chi connectivity index (χ4v) is 2.13. The first-order chi connectivity index (χ1) is 6.68. The summed E-state index contributed by atoms with van der Waals surface area (Å²) in [6, 6.07) is 0. The van der Waals surface area contributed by atoms with E-state index in [4.69, 9.17) is 5.73 Å². The van der Waals surface area contributed by atoms with Gasteiger partial charge < -0.3 is 16.4 Å². The quantitative estimate of drug-likeness (QED) is 0.611. The van der Waals surface area contributed by atoms with E-state index in [9.17, 15) is 0 Å². The molecule has 0 aromatic heterocycles. The van der Waals surface area contributed by atoms with Crippen LogP contribution >= 0.6 is 0 Å². The molecule has 14 heavy (non-hydrogen) atoms. The molecule has 3 heteroatoms. The zero-order valence-electron chi connectivity index (χ0n) is 9.60. The first-order valence-electron chi connectivity index (χ1n) is 5.84. The minimum atomic E-state index is 0.275. The van der Waals surface area contributed by atoms with Crippen molar-refractivity contribution >= 4 is 0 Å². The van der Waals surface area contributed by atoms with Gasteiger partial charge in [-0.25, -0.2) is 0 Å². The standard InChI is InChI=1S/C11H25N3/c1-10(2)3-4-11(5-6-12)9-13-7-8-14-11/h10,13-14H,3-9,12H2,1-2H3. The van der Waals surface area contributed by atoms with Crippen LogP contribution in [0.2, 0.25) is 0 Å². The number of nitrogens with two attached hydrogens (primary N) is 1. The highest BCUT2D eigenvalue weighted by Crippen LogP contribution is 2.20. The minimum Gasteiger partial charge on any atom is -0.330 e. The van der Waals surface area contributed by atoms with E-state index < -0.39 is 0 Å². The van der Waals surface area contributed by atoms with Gasteiger partial charge >= 0.3 is 0 Å². The largest absolute Gasteiger partial charge is 0.330 e. The molecule has 3 nitrogen and oxygen atoms in total. The van der Waals surface area contributed by atoms with Crippen LogP contribution < -0.4 is 16.4 Å². The third-order valence-corrected chi connectivity index (χ3v) is 3.09. The normalized spacial score (nSPS) is 28.3. The fraction of sp³-hybridized carbons (Fsp3) is 1.00. The molecule has 1 aliphatic rings. The maximum Gasteiger partial charge on any atom is 0.0318 e. The Bertz CT molecular complexity index is 145. The molecule has 0 saturated carbocycles. The number of nitrogens with one attached hydrogen (secondary N) is 2. The van der Waals surface area contributed by atoms with Crippen molar-refractivity contribution in [3.63, 3.8) is 0 Å². The van der Waals surface area contributed by atoms with Gasteiger partial charge in [-0.3, -0.25) is 0 Å². The van der Waals surface area contributed by atoms with E-state index >= 15 is 0 Å². The van der Waals surface area contributed by atoms with Gasteiger partial charge in [0.2, 0.25) is 0 Å². The molecule has 0 amide bonds. The molecular formula is C11H25N3. The Balaban J connectivity index is 2.42. The lowest BCUT2D eigenvalue weighted by Gasteiger charge is -2.39. The average Bonchev–Trinajstić information content (AvgIpc) is 2.17.